The Balaban J connectivity index is 3.77. The Hall–Kier alpha value is -1.25. The van der Waals surface area contributed by atoms with Crippen molar-refractivity contribution in [2.75, 3.05) is 0 Å². The molecule has 0 atom stereocenters. The maximum atomic E-state index is 13.3. The fraction of sp³-hybridized carbons (Fsp3) is 0.143. The van der Waals surface area contributed by atoms with Gasteiger partial charge >= 0.3 is 14.4 Å². The van der Waals surface area contributed by atoms with E-state index < -0.39 is 49.0 Å². The summed E-state index contributed by atoms with van der Waals surface area (Å²) in [7, 11) is -18.3. The normalized spacial score (nSPS) is 14.1. The van der Waals surface area contributed by atoms with Gasteiger partial charge in [-0.05, 0) is 18.2 Å². The second-order valence-electron chi connectivity index (χ2n) is 3.42. The summed E-state index contributed by atoms with van der Waals surface area (Å²) < 4.78 is 125. The highest BCUT2D eigenvalue weighted by molar-refractivity contribution is 8.67. The van der Waals surface area contributed by atoms with E-state index in [2.05, 4.69) is 0 Å². The Morgan fingerprint density at radius 3 is 1.81 bits per heavy atom. The molecule has 1 aromatic carbocycles. The predicted octanol–water partition coefficient (Wildman–Crippen LogP) is 0.696. The molecule has 0 aromatic heterocycles. The van der Waals surface area contributed by atoms with Crippen molar-refractivity contribution in [3.63, 3.8) is 0 Å². The van der Waals surface area contributed by atoms with E-state index in [9.17, 15) is 42.8 Å². The highest BCUT2D eigenvalue weighted by atomic mass is 33.2. The van der Waals surface area contributed by atoms with Crippen molar-refractivity contribution in [2.24, 2.45) is 0 Å². The van der Waals surface area contributed by atoms with Crippen LogP contribution in [0.1, 0.15) is 0 Å². The molecule has 1 N–H and O–H groups in total. The van der Waals surface area contributed by atoms with Gasteiger partial charge in [0.1, 0.15) is 10.7 Å². The third kappa shape index (κ3) is 3.02. The molecule has 14 heteroatoms. The molecule has 21 heavy (non-hydrogen) atoms. The Morgan fingerprint density at radius 1 is 0.952 bits per heavy atom. The molecule has 1 aromatic rings. The monoisotopic (exact) mass is 372 g/mol. The smallest absolute Gasteiger partial charge is 0.282 e. The van der Waals surface area contributed by atoms with Crippen molar-refractivity contribution in [3.05, 3.63) is 24.0 Å². The van der Waals surface area contributed by atoms with E-state index in [4.69, 9.17) is 4.55 Å². The number of halogens is 4. The van der Waals surface area contributed by atoms with Crippen LogP contribution in [-0.4, -0.2) is 35.3 Å². The number of alkyl halides is 3. The molecule has 0 unspecified atom stereocenters. The molecule has 1 rings (SSSR count). The Bertz CT molecular complexity index is 881. The Morgan fingerprint density at radius 2 is 1.43 bits per heavy atom. The van der Waals surface area contributed by atoms with Gasteiger partial charge in [-0.25, -0.2) is 21.2 Å². The number of benzene rings is 1. The minimum atomic E-state index is -6.86. The lowest BCUT2D eigenvalue weighted by molar-refractivity contribution is -0.0412. The fourth-order valence-corrected chi connectivity index (χ4v) is 4.56. The van der Waals surface area contributed by atoms with E-state index in [0.29, 0.717) is 6.07 Å². The number of rotatable bonds is 3. The van der Waals surface area contributed by atoms with Gasteiger partial charge < -0.3 is 0 Å². The summed E-state index contributed by atoms with van der Waals surface area (Å²) in [5.74, 6) is -1.93. The minimum Gasteiger partial charge on any atom is -0.282 e. The van der Waals surface area contributed by atoms with Crippen LogP contribution in [0.2, 0.25) is 0 Å². The maximum absolute atomic E-state index is 13.3. The fourth-order valence-electron chi connectivity index (χ4n) is 1.08. The first-order valence-electron chi connectivity index (χ1n) is 4.46. The van der Waals surface area contributed by atoms with Crippen molar-refractivity contribution in [3.8, 4) is 0 Å². The molecule has 120 valence electrons. The molecule has 7 nitrogen and oxygen atoms in total. The van der Waals surface area contributed by atoms with E-state index in [1.54, 1.807) is 0 Å². The third-order valence-corrected chi connectivity index (χ3v) is 7.73. The number of hydrogen-bond donors (Lipinski definition) is 1. The molecule has 0 saturated heterocycles. The SMILES string of the molecule is O=S(=O)(O)c1ccc(F)c(S(=O)(=O)S(=O)(=O)C(F)(F)F)c1. The summed E-state index contributed by atoms with van der Waals surface area (Å²) in [6.45, 7) is 0. The zero-order valence-electron chi connectivity index (χ0n) is 9.37. The molecule has 0 amide bonds. The van der Waals surface area contributed by atoms with E-state index in [-0.39, 0.29) is 12.1 Å². The first-order chi connectivity index (χ1) is 9.12. The van der Waals surface area contributed by atoms with Gasteiger partial charge in [-0.2, -0.15) is 21.6 Å². The van der Waals surface area contributed by atoms with Gasteiger partial charge in [0, 0.05) is 0 Å². The Labute approximate surface area is 115 Å². The van der Waals surface area contributed by atoms with Gasteiger partial charge in [-0.1, -0.05) is 0 Å². The molecular formula is C7H4F4O7S3. The quantitative estimate of drug-likeness (QED) is 0.471. The highest BCUT2D eigenvalue weighted by Gasteiger charge is 2.56. The average molecular weight is 372 g/mol. The first-order valence-corrected chi connectivity index (χ1v) is 9.38. The van der Waals surface area contributed by atoms with Crippen molar-refractivity contribution in [2.45, 2.75) is 15.3 Å². The van der Waals surface area contributed by atoms with Gasteiger partial charge in [0.15, 0.2) is 0 Å². The van der Waals surface area contributed by atoms with Gasteiger partial charge in [0.2, 0.25) is 0 Å². The van der Waals surface area contributed by atoms with E-state index in [1.165, 1.54) is 0 Å². The summed E-state index contributed by atoms with van der Waals surface area (Å²) in [5.41, 5.74) is -6.24. The van der Waals surface area contributed by atoms with Crippen LogP contribution in [0.3, 0.4) is 0 Å². The maximum Gasteiger partial charge on any atom is 0.512 e. The first kappa shape index (κ1) is 17.8. The van der Waals surface area contributed by atoms with Crippen LogP contribution in [0.15, 0.2) is 28.0 Å². The lowest BCUT2D eigenvalue weighted by atomic mass is 10.3. The molecule has 0 heterocycles. The molecule has 0 radical (unpaired) electrons. The van der Waals surface area contributed by atoms with Crippen molar-refractivity contribution < 1.29 is 47.4 Å². The van der Waals surface area contributed by atoms with Gasteiger partial charge in [-0.3, -0.25) is 4.55 Å². The van der Waals surface area contributed by atoms with Crippen LogP contribution < -0.4 is 0 Å². The topological polar surface area (TPSA) is 123 Å². The summed E-state index contributed by atoms with van der Waals surface area (Å²) >= 11 is 0. The van der Waals surface area contributed by atoms with E-state index >= 15 is 0 Å². The van der Waals surface area contributed by atoms with Crippen molar-refractivity contribution in [1.29, 1.82) is 0 Å². The van der Waals surface area contributed by atoms with Crippen molar-refractivity contribution >= 4 is 27.9 Å². The zero-order valence-corrected chi connectivity index (χ0v) is 11.8. The van der Waals surface area contributed by atoms with Crippen LogP contribution in [0, 0.1) is 5.82 Å². The molecule has 0 fully saturated rings. The van der Waals surface area contributed by atoms with Crippen LogP contribution in [0.25, 0.3) is 0 Å². The molecular weight excluding hydrogens is 368 g/mol. The lowest BCUT2D eigenvalue weighted by Gasteiger charge is -2.10. The molecule has 0 saturated carbocycles. The molecule has 0 aliphatic rings. The second kappa shape index (κ2) is 4.89. The Kier molecular flexibility index (Phi) is 4.15. The van der Waals surface area contributed by atoms with Gasteiger partial charge in [0.25, 0.3) is 19.0 Å². The molecule has 0 spiro atoms. The van der Waals surface area contributed by atoms with Crippen LogP contribution in [0.4, 0.5) is 17.6 Å². The van der Waals surface area contributed by atoms with Gasteiger partial charge in [-0.15, -0.1) is 0 Å². The second-order valence-corrected chi connectivity index (χ2v) is 10.2. The summed E-state index contributed by atoms with van der Waals surface area (Å²) in [6, 6.07) is 0.190. The third-order valence-electron chi connectivity index (χ3n) is 2.04. The predicted molar refractivity (Wildman–Crippen MR) is 58.4 cm³/mol. The highest BCUT2D eigenvalue weighted by Crippen LogP contribution is 2.34. The van der Waals surface area contributed by atoms with E-state index in [0.717, 1.165) is 0 Å². The summed E-state index contributed by atoms with van der Waals surface area (Å²) in [5, 5.41) is 0. The zero-order chi connectivity index (χ0) is 16.9. The minimum absolute atomic E-state index is 0.0852. The van der Waals surface area contributed by atoms with E-state index in [1.807, 2.05) is 0 Å². The average Bonchev–Trinajstić information content (AvgIpc) is 2.25. The van der Waals surface area contributed by atoms with Crippen LogP contribution >= 0.6 is 0 Å². The molecule has 0 bridgehead atoms. The molecule has 0 aliphatic carbocycles. The van der Waals surface area contributed by atoms with Crippen LogP contribution in [-0.2, 0) is 27.9 Å². The van der Waals surface area contributed by atoms with Crippen LogP contribution in [0.5, 0.6) is 0 Å². The summed E-state index contributed by atoms with van der Waals surface area (Å²) in [6.07, 6.45) is 0. The summed E-state index contributed by atoms with van der Waals surface area (Å²) in [4.78, 5) is -3.34. The standard InChI is InChI=1S/C7H4F4O7S3/c8-5-2-1-4(19(12,13)14)3-6(5)20(15,16)21(17,18)7(9,10)11/h1-3H,(H,12,13,14). The number of hydrogen-bond acceptors (Lipinski definition) is 6. The largest absolute Gasteiger partial charge is 0.512 e. The van der Waals surface area contributed by atoms with Gasteiger partial charge in [0.05, 0.1) is 4.90 Å². The van der Waals surface area contributed by atoms with Crippen molar-refractivity contribution in [1.82, 2.24) is 0 Å². The molecule has 0 aliphatic heterocycles. The lowest BCUT2D eigenvalue weighted by Crippen LogP contribution is -2.31.